The lowest BCUT2D eigenvalue weighted by Gasteiger charge is -2.22. The van der Waals surface area contributed by atoms with Crippen LogP contribution in [0.2, 0.25) is 0 Å². The molecule has 0 heterocycles. The maximum Gasteiger partial charge on any atom is 0.220 e. The minimum atomic E-state index is -0.652. The van der Waals surface area contributed by atoms with E-state index >= 15 is 0 Å². The Labute approximate surface area is 289 Å². The number of carbonyl (C=O) groups is 1. The highest BCUT2D eigenvalue weighted by atomic mass is 16.3. The third-order valence-corrected chi connectivity index (χ3v) is 10.1. The van der Waals surface area contributed by atoms with Crippen molar-refractivity contribution in [3.63, 3.8) is 0 Å². The molecule has 4 nitrogen and oxygen atoms in total. The van der Waals surface area contributed by atoms with Gasteiger partial charge >= 0.3 is 0 Å². The van der Waals surface area contributed by atoms with Crippen molar-refractivity contribution in [2.75, 3.05) is 6.61 Å². The summed E-state index contributed by atoms with van der Waals surface area (Å²) in [7, 11) is 0. The van der Waals surface area contributed by atoms with Crippen LogP contribution in [0.15, 0.2) is 0 Å². The van der Waals surface area contributed by atoms with Gasteiger partial charge in [-0.3, -0.25) is 4.79 Å². The molecule has 3 N–H and O–H groups in total. The van der Waals surface area contributed by atoms with Crippen LogP contribution in [0, 0.1) is 0 Å². The van der Waals surface area contributed by atoms with Gasteiger partial charge in [0.1, 0.15) is 0 Å². The van der Waals surface area contributed by atoms with Crippen LogP contribution in [-0.4, -0.2) is 34.9 Å². The van der Waals surface area contributed by atoms with Gasteiger partial charge in [-0.1, -0.05) is 226 Å². The Bertz CT molecular complexity index is 583. The lowest BCUT2D eigenvalue weighted by atomic mass is 10.0. The Morgan fingerprint density at radius 3 is 0.978 bits per heavy atom. The molecule has 2 unspecified atom stereocenters. The minimum absolute atomic E-state index is 0.0285. The fraction of sp³-hybridized carbons (Fsp3) is 0.976. The second kappa shape index (κ2) is 38.8. The Kier molecular flexibility index (Phi) is 38.3. The van der Waals surface area contributed by atoms with Crippen molar-refractivity contribution in [1.82, 2.24) is 5.32 Å². The van der Waals surface area contributed by atoms with Gasteiger partial charge in [0.2, 0.25) is 5.91 Å². The fourth-order valence-corrected chi connectivity index (χ4v) is 6.83. The summed E-state index contributed by atoms with van der Waals surface area (Å²) in [4.78, 5) is 12.3. The van der Waals surface area contributed by atoms with E-state index in [1.807, 2.05) is 0 Å². The Morgan fingerprint density at radius 1 is 0.435 bits per heavy atom. The summed E-state index contributed by atoms with van der Waals surface area (Å²) >= 11 is 0. The van der Waals surface area contributed by atoms with E-state index in [4.69, 9.17) is 0 Å². The molecule has 0 aliphatic carbocycles. The molecular weight excluding hydrogens is 566 g/mol. The molecule has 276 valence electrons. The number of amides is 1. The first-order valence-electron chi connectivity index (χ1n) is 21.2. The highest BCUT2D eigenvalue weighted by Gasteiger charge is 2.20. The van der Waals surface area contributed by atoms with Crippen molar-refractivity contribution in [3.05, 3.63) is 0 Å². The molecule has 0 fully saturated rings. The number of hydrogen-bond donors (Lipinski definition) is 3. The number of nitrogens with one attached hydrogen (secondary N) is 1. The minimum Gasteiger partial charge on any atom is -0.394 e. The molecule has 4 heteroatoms. The van der Waals surface area contributed by atoms with Gasteiger partial charge in [0.25, 0.3) is 0 Å². The van der Waals surface area contributed by atoms with E-state index in [0.717, 1.165) is 25.7 Å². The highest BCUT2D eigenvalue weighted by Crippen LogP contribution is 2.17. The molecule has 0 spiro atoms. The van der Waals surface area contributed by atoms with E-state index in [1.54, 1.807) is 0 Å². The summed E-state index contributed by atoms with van der Waals surface area (Å²) in [6.07, 6.45) is 46.1. The topological polar surface area (TPSA) is 69.6 Å². The van der Waals surface area contributed by atoms with Crippen LogP contribution in [-0.2, 0) is 4.79 Å². The number of carbonyl (C=O) groups excluding carboxylic acids is 1. The van der Waals surface area contributed by atoms with Crippen molar-refractivity contribution >= 4 is 5.91 Å². The molecule has 0 saturated carbocycles. The first-order valence-corrected chi connectivity index (χ1v) is 21.2. The molecule has 0 rings (SSSR count). The SMILES string of the molecule is CCCCCCCCCCCCCCCCCCCCCCCCC(O)C(CO)NC(=O)CCCCCCCCCCCCCC. The quantitative estimate of drug-likeness (QED) is 0.0579. The molecule has 46 heavy (non-hydrogen) atoms. The lowest BCUT2D eigenvalue weighted by Crippen LogP contribution is -2.45. The maximum atomic E-state index is 12.3. The maximum absolute atomic E-state index is 12.3. The van der Waals surface area contributed by atoms with Crippen LogP contribution in [0.5, 0.6) is 0 Å². The molecule has 1 amide bonds. The van der Waals surface area contributed by atoms with Crippen molar-refractivity contribution in [1.29, 1.82) is 0 Å². The van der Waals surface area contributed by atoms with Gasteiger partial charge in [0.15, 0.2) is 0 Å². The van der Waals surface area contributed by atoms with Crippen molar-refractivity contribution < 1.29 is 15.0 Å². The molecule has 0 aliphatic rings. The molecule has 0 aromatic carbocycles. The van der Waals surface area contributed by atoms with Gasteiger partial charge in [0.05, 0.1) is 18.8 Å². The summed E-state index contributed by atoms with van der Waals surface area (Å²) < 4.78 is 0. The molecule has 0 aromatic heterocycles. The summed E-state index contributed by atoms with van der Waals surface area (Å²) in [6.45, 7) is 4.37. The Hall–Kier alpha value is -0.610. The number of unbranched alkanes of at least 4 members (excludes halogenated alkanes) is 32. The zero-order chi connectivity index (χ0) is 33.6. The molecule has 0 saturated heterocycles. The van der Waals surface area contributed by atoms with Gasteiger partial charge in [-0.05, 0) is 12.8 Å². The monoisotopic (exact) mass is 652 g/mol. The van der Waals surface area contributed by atoms with E-state index in [0.29, 0.717) is 12.8 Å². The third kappa shape index (κ3) is 34.7. The average Bonchev–Trinajstić information content (AvgIpc) is 3.06. The van der Waals surface area contributed by atoms with Crippen LogP contribution >= 0.6 is 0 Å². The predicted octanol–water partition coefficient (Wildman–Crippen LogP) is 12.9. The van der Waals surface area contributed by atoms with Crippen molar-refractivity contribution in [3.8, 4) is 0 Å². The van der Waals surface area contributed by atoms with E-state index in [1.165, 1.54) is 193 Å². The Balaban J connectivity index is 3.45. The Morgan fingerprint density at radius 2 is 0.696 bits per heavy atom. The average molecular weight is 652 g/mol. The zero-order valence-electron chi connectivity index (χ0n) is 31.6. The summed E-state index contributed by atoms with van der Waals surface area (Å²) in [5.74, 6) is -0.0285. The van der Waals surface area contributed by atoms with Gasteiger partial charge in [-0.15, -0.1) is 0 Å². The lowest BCUT2D eigenvalue weighted by molar-refractivity contribution is -0.123. The largest absolute Gasteiger partial charge is 0.394 e. The molecule has 0 aliphatic heterocycles. The molecule has 2 atom stereocenters. The highest BCUT2D eigenvalue weighted by molar-refractivity contribution is 5.76. The van der Waals surface area contributed by atoms with E-state index in [-0.39, 0.29) is 12.5 Å². The molecule has 0 bridgehead atoms. The van der Waals surface area contributed by atoms with E-state index in [9.17, 15) is 15.0 Å². The standard InChI is InChI=1S/C42H85NO3/c1-3-5-7-9-11-13-15-17-18-19-20-21-22-23-24-25-26-27-29-31-33-35-37-41(45)40(39-44)43-42(46)38-36-34-32-30-28-16-14-12-10-8-6-4-2/h40-41,44-45H,3-39H2,1-2H3,(H,43,46). The van der Waals surface area contributed by atoms with Crippen LogP contribution in [0.25, 0.3) is 0 Å². The molecular formula is C42H85NO3. The van der Waals surface area contributed by atoms with E-state index in [2.05, 4.69) is 19.2 Å². The second-order valence-corrected chi connectivity index (χ2v) is 14.8. The zero-order valence-corrected chi connectivity index (χ0v) is 31.6. The smallest absolute Gasteiger partial charge is 0.220 e. The van der Waals surface area contributed by atoms with Gasteiger partial charge in [-0.2, -0.15) is 0 Å². The van der Waals surface area contributed by atoms with Gasteiger partial charge < -0.3 is 15.5 Å². The summed E-state index contributed by atoms with van der Waals surface area (Å²) in [5, 5.41) is 23.1. The number of aliphatic hydroxyl groups is 2. The first kappa shape index (κ1) is 45.4. The summed E-state index contributed by atoms with van der Waals surface area (Å²) in [6, 6.07) is -0.528. The van der Waals surface area contributed by atoms with Crippen LogP contribution in [0.1, 0.15) is 245 Å². The van der Waals surface area contributed by atoms with Crippen molar-refractivity contribution in [2.24, 2.45) is 0 Å². The van der Waals surface area contributed by atoms with Crippen LogP contribution < -0.4 is 5.32 Å². The van der Waals surface area contributed by atoms with Crippen LogP contribution in [0.4, 0.5) is 0 Å². The first-order chi connectivity index (χ1) is 22.7. The number of aliphatic hydroxyl groups excluding tert-OH is 2. The second-order valence-electron chi connectivity index (χ2n) is 14.8. The fourth-order valence-electron chi connectivity index (χ4n) is 6.83. The van der Waals surface area contributed by atoms with Crippen molar-refractivity contribution in [2.45, 2.75) is 257 Å². The van der Waals surface area contributed by atoms with Crippen LogP contribution in [0.3, 0.4) is 0 Å². The number of rotatable bonds is 39. The van der Waals surface area contributed by atoms with E-state index < -0.39 is 12.1 Å². The summed E-state index contributed by atoms with van der Waals surface area (Å²) in [5.41, 5.74) is 0. The van der Waals surface area contributed by atoms with Gasteiger partial charge in [-0.25, -0.2) is 0 Å². The normalized spacial score (nSPS) is 12.9. The molecule has 0 aromatic rings. The third-order valence-electron chi connectivity index (χ3n) is 10.1. The van der Waals surface area contributed by atoms with Gasteiger partial charge in [0, 0.05) is 6.42 Å². The predicted molar refractivity (Wildman–Crippen MR) is 203 cm³/mol. The molecule has 0 radical (unpaired) electrons. The number of hydrogen-bond acceptors (Lipinski definition) is 3.